The second-order valence-corrected chi connectivity index (χ2v) is 4.57. The van der Waals surface area contributed by atoms with Gasteiger partial charge in [0.25, 0.3) is 0 Å². The van der Waals surface area contributed by atoms with Gasteiger partial charge in [-0.25, -0.2) is 4.79 Å². The van der Waals surface area contributed by atoms with E-state index in [1.807, 2.05) is 36.4 Å². The maximum Gasteiger partial charge on any atom is 0.337 e. The third-order valence-corrected chi connectivity index (χ3v) is 3.11. The first-order chi connectivity index (χ1) is 10.2. The Morgan fingerprint density at radius 2 is 1.71 bits per heavy atom. The number of benzene rings is 2. The third kappa shape index (κ3) is 4.08. The molecule has 2 rings (SSSR count). The van der Waals surface area contributed by atoms with Crippen LogP contribution in [0, 0.1) is 11.3 Å². The Bertz CT molecular complexity index is 640. The van der Waals surface area contributed by atoms with Crippen molar-refractivity contribution in [1.29, 1.82) is 5.26 Å². The zero-order chi connectivity index (χ0) is 15.1. The van der Waals surface area contributed by atoms with Crippen molar-refractivity contribution in [2.75, 3.05) is 12.4 Å². The molecular weight excluding hydrogens is 264 g/mol. The number of carbonyl (C=O) groups excluding carboxylic acids is 1. The lowest BCUT2D eigenvalue weighted by Crippen LogP contribution is -2.03. The van der Waals surface area contributed by atoms with Crippen molar-refractivity contribution >= 4 is 11.7 Å². The second-order valence-electron chi connectivity index (χ2n) is 4.57. The summed E-state index contributed by atoms with van der Waals surface area (Å²) >= 11 is 0. The van der Waals surface area contributed by atoms with Crippen LogP contribution < -0.4 is 5.32 Å². The van der Waals surface area contributed by atoms with Crippen LogP contribution in [0.4, 0.5) is 5.69 Å². The van der Waals surface area contributed by atoms with Crippen LogP contribution in [0.3, 0.4) is 0 Å². The Kier molecular flexibility index (Phi) is 4.94. The Hall–Kier alpha value is -2.80. The number of hydrogen-bond donors (Lipinski definition) is 1. The monoisotopic (exact) mass is 280 g/mol. The molecule has 106 valence electrons. The number of nitriles is 1. The molecule has 2 aromatic carbocycles. The van der Waals surface area contributed by atoms with Crippen LogP contribution in [0.2, 0.25) is 0 Å². The highest BCUT2D eigenvalue weighted by atomic mass is 16.5. The number of ether oxygens (including phenoxy) is 1. The number of nitrogens with zero attached hydrogens (tertiary/aromatic N) is 1. The lowest BCUT2D eigenvalue weighted by atomic mass is 10.1. The topological polar surface area (TPSA) is 62.1 Å². The average Bonchev–Trinajstić information content (AvgIpc) is 2.54. The largest absolute Gasteiger partial charge is 0.465 e. The maximum atomic E-state index is 11.3. The summed E-state index contributed by atoms with van der Waals surface area (Å²) in [6.45, 7) is 0.666. The first-order valence-electron chi connectivity index (χ1n) is 6.60. The molecule has 0 radical (unpaired) electrons. The van der Waals surface area contributed by atoms with Crippen LogP contribution in [0.5, 0.6) is 0 Å². The lowest BCUT2D eigenvalue weighted by molar-refractivity contribution is 0.0600. The molecule has 0 spiro atoms. The van der Waals surface area contributed by atoms with Crippen molar-refractivity contribution in [2.45, 2.75) is 13.0 Å². The molecule has 21 heavy (non-hydrogen) atoms. The van der Waals surface area contributed by atoms with Gasteiger partial charge >= 0.3 is 5.97 Å². The van der Waals surface area contributed by atoms with Gasteiger partial charge in [0, 0.05) is 12.2 Å². The van der Waals surface area contributed by atoms with Gasteiger partial charge in [-0.05, 0) is 35.4 Å². The fraction of sp³-hybridized carbons (Fsp3) is 0.176. The van der Waals surface area contributed by atoms with Crippen molar-refractivity contribution in [2.24, 2.45) is 0 Å². The summed E-state index contributed by atoms with van der Waals surface area (Å²) in [5.41, 5.74) is 3.62. The van der Waals surface area contributed by atoms with Crippen molar-refractivity contribution in [3.05, 3.63) is 65.2 Å². The minimum absolute atomic E-state index is 0.331. The van der Waals surface area contributed by atoms with E-state index < -0.39 is 0 Å². The number of methoxy groups -OCH3 is 1. The standard InChI is InChI=1S/C17H16N2O2/c1-21-17(20)15-6-2-14(3-7-15)12-19-16-8-4-13(5-9-16)10-11-18/h2-9,19H,10,12H2,1H3. The Labute approximate surface area is 124 Å². The highest BCUT2D eigenvalue weighted by Crippen LogP contribution is 2.12. The molecule has 0 bridgehead atoms. The fourth-order valence-corrected chi connectivity index (χ4v) is 1.91. The van der Waals surface area contributed by atoms with E-state index in [0.717, 1.165) is 16.8 Å². The summed E-state index contributed by atoms with van der Waals surface area (Å²) in [6.07, 6.45) is 0.426. The molecular formula is C17H16N2O2. The van der Waals surface area contributed by atoms with Gasteiger partial charge in [-0.3, -0.25) is 0 Å². The molecule has 0 amide bonds. The summed E-state index contributed by atoms with van der Waals surface area (Å²) in [4.78, 5) is 11.3. The van der Waals surface area contributed by atoms with Gasteiger partial charge in [0.05, 0.1) is 25.2 Å². The van der Waals surface area contributed by atoms with Crippen LogP contribution in [-0.2, 0) is 17.7 Å². The molecule has 0 heterocycles. The molecule has 0 fully saturated rings. The predicted octanol–water partition coefficient (Wildman–Crippen LogP) is 3.15. The van der Waals surface area contributed by atoms with Crippen molar-refractivity contribution in [3.8, 4) is 6.07 Å². The number of carbonyl (C=O) groups is 1. The molecule has 4 heteroatoms. The molecule has 0 unspecified atom stereocenters. The van der Waals surface area contributed by atoms with Gasteiger partial charge in [0.1, 0.15) is 0 Å². The van der Waals surface area contributed by atoms with Crippen molar-refractivity contribution in [1.82, 2.24) is 0 Å². The Morgan fingerprint density at radius 1 is 1.10 bits per heavy atom. The van der Waals surface area contributed by atoms with Crippen molar-refractivity contribution < 1.29 is 9.53 Å². The van der Waals surface area contributed by atoms with Crippen molar-refractivity contribution in [3.63, 3.8) is 0 Å². The zero-order valence-corrected chi connectivity index (χ0v) is 11.8. The van der Waals surface area contributed by atoms with E-state index in [4.69, 9.17) is 5.26 Å². The SMILES string of the molecule is COC(=O)c1ccc(CNc2ccc(CC#N)cc2)cc1. The van der Waals surface area contributed by atoms with Crippen LogP contribution >= 0.6 is 0 Å². The summed E-state index contributed by atoms with van der Waals surface area (Å²) in [5, 5.41) is 11.9. The molecule has 0 saturated carbocycles. The van der Waals surface area contributed by atoms with Gasteiger partial charge in [-0.15, -0.1) is 0 Å². The molecule has 0 saturated heterocycles. The van der Waals surface area contributed by atoms with E-state index in [-0.39, 0.29) is 5.97 Å². The predicted molar refractivity (Wildman–Crippen MR) is 80.9 cm³/mol. The van der Waals surface area contributed by atoms with Gasteiger partial charge in [0.15, 0.2) is 0 Å². The molecule has 0 aliphatic carbocycles. The van der Waals surface area contributed by atoms with E-state index in [0.29, 0.717) is 18.5 Å². The van der Waals surface area contributed by atoms with Gasteiger partial charge in [-0.2, -0.15) is 5.26 Å². The van der Waals surface area contributed by atoms with Crippen LogP contribution in [0.1, 0.15) is 21.5 Å². The highest BCUT2D eigenvalue weighted by Gasteiger charge is 2.04. The molecule has 0 aliphatic heterocycles. The number of rotatable bonds is 5. The van der Waals surface area contributed by atoms with E-state index in [9.17, 15) is 4.79 Å². The number of nitrogens with one attached hydrogen (secondary N) is 1. The van der Waals surface area contributed by atoms with Gasteiger partial charge in [0.2, 0.25) is 0 Å². The Balaban J connectivity index is 1.93. The fourth-order valence-electron chi connectivity index (χ4n) is 1.91. The molecule has 0 atom stereocenters. The summed E-state index contributed by atoms with van der Waals surface area (Å²) in [7, 11) is 1.37. The Morgan fingerprint density at radius 3 is 2.29 bits per heavy atom. The number of anilines is 1. The molecule has 0 aromatic heterocycles. The lowest BCUT2D eigenvalue weighted by Gasteiger charge is -2.07. The highest BCUT2D eigenvalue weighted by molar-refractivity contribution is 5.89. The molecule has 0 aliphatic rings. The van der Waals surface area contributed by atoms with E-state index in [1.165, 1.54) is 7.11 Å². The minimum atomic E-state index is -0.331. The molecule has 1 N–H and O–H groups in total. The molecule has 2 aromatic rings. The summed E-state index contributed by atoms with van der Waals surface area (Å²) in [6, 6.07) is 17.2. The number of hydrogen-bond acceptors (Lipinski definition) is 4. The zero-order valence-electron chi connectivity index (χ0n) is 11.8. The molecule has 4 nitrogen and oxygen atoms in total. The smallest absolute Gasteiger partial charge is 0.337 e. The van der Waals surface area contributed by atoms with Crippen LogP contribution in [0.15, 0.2) is 48.5 Å². The normalized spacial score (nSPS) is 9.71. The summed E-state index contributed by atoms with van der Waals surface area (Å²) < 4.78 is 4.66. The first-order valence-corrected chi connectivity index (χ1v) is 6.60. The summed E-state index contributed by atoms with van der Waals surface area (Å²) in [5.74, 6) is -0.331. The third-order valence-electron chi connectivity index (χ3n) is 3.11. The maximum absolute atomic E-state index is 11.3. The van der Waals surface area contributed by atoms with E-state index in [2.05, 4.69) is 16.1 Å². The van der Waals surface area contributed by atoms with Gasteiger partial charge in [-0.1, -0.05) is 24.3 Å². The van der Waals surface area contributed by atoms with Crippen LogP contribution in [0.25, 0.3) is 0 Å². The van der Waals surface area contributed by atoms with E-state index >= 15 is 0 Å². The first kappa shape index (κ1) is 14.6. The number of esters is 1. The van der Waals surface area contributed by atoms with Gasteiger partial charge < -0.3 is 10.1 Å². The average molecular weight is 280 g/mol. The van der Waals surface area contributed by atoms with Crippen LogP contribution in [-0.4, -0.2) is 13.1 Å². The quantitative estimate of drug-likeness (QED) is 0.855. The second kappa shape index (κ2) is 7.11. The van der Waals surface area contributed by atoms with E-state index in [1.54, 1.807) is 12.1 Å². The minimum Gasteiger partial charge on any atom is -0.465 e.